The molecule has 18 heavy (non-hydrogen) atoms. The standard InChI is InChI=1S/C12H14N2O4/c1-7-6-10(14-18-7)13-11(15)8-4-2-3-5-9(8)12(16)17/h2-3,6,8-9H,4-5H2,1H3,(H,16,17)(H,13,14,15)/t8-,9+/m1/s1. The van der Waals surface area contributed by atoms with Gasteiger partial charge in [0.05, 0.1) is 11.8 Å². The summed E-state index contributed by atoms with van der Waals surface area (Å²) in [6, 6.07) is 1.59. The lowest BCUT2D eigenvalue weighted by atomic mass is 9.82. The number of hydrogen-bond donors (Lipinski definition) is 2. The predicted octanol–water partition coefficient (Wildman–Crippen LogP) is 1.59. The van der Waals surface area contributed by atoms with Gasteiger partial charge in [-0.05, 0) is 19.8 Å². The Kier molecular flexibility index (Phi) is 3.45. The topological polar surface area (TPSA) is 92.4 Å². The molecule has 1 aromatic rings. The highest BCUT2D eigenvalue weighted by Crippen LogP contribution is 2.27. The fraction of sp³-hybridized carbons (Fsp3) is 0.417. The first-order valence-corrected chi connectivity index (χ1v) is 5.70. The second-order valence-electron chi connectivity index (χ2n) is 4.31. The van der Waals surface area contributed by atoms with Crippen molar-refractivity contribution in [1.29, 1.82) is 0 Å². The van der Waals surface area contributed by atoms with E-state index in [1.54, 1.807) is 19.1 Å². The number of amides is 1. The molecule has 6 nitrogen and oxygen atoms in total. The molecule has 1 aromatic heterocycles. The second kappa shape index (κ2) is 5.03. The average Bonchev–Trinajstić information content (AvgIpc) is 2.74. The van der Waals surface area contributed by atoms with E-state index in [1.807, 2.05) is 6.08 Å². The van der Waals surface area contributed by atoms with E-state index in [-0.39, 0.29) is 5.91 Å². The van der Waals surface area contributed by atoms with Gasteiger partial charge in [-0.25, -0.2) is 0 Å². The number of carbonyl (C=O) groups excluding carboxylic acids is 1. The third-order valence-electron chi connectivity index (χ3n) is 2.97. The van der Waals surface area contributed by atoms with Crippen molar-refractivity contribution in [3.8, 4) is 0 Å². The Morgan fingerprint density at radius 1 is 1.39 bits per heavy atom. The minimum Gasteiger partial charge on any atom is -0.481 e. The zero-order chi connectivity index (χ0) is 13.1. The summed E-state index contributed by atoms with van der Waals surface area (Å²) in [7, 11) is 0. The maximum Gasteiger partial charge on any atom is 0.307 e. The zero-order valence-corrected chi connectivity index (χ0v) is 9.92. The third kappa shape index (κ3) is 2.58. The Hall–Kier alpha value is -2.11. The van der Waals surface area contributed by atoms with E-state index in [1.165, 1.54) is 0 Å². The molecule has 0 aliphatic heterocycles. The number of rotatable bonds is 3. The number of aromatic nitrogens is 1. The second-order valence-corrected chi connectivity index (χ2v) is 4.31. The van der Waals surface area contributed by atoms with Gasteiger partial charge < -0.3 is 14.9 Å². The molecule has 2 rings (SSSR count). The van der Waals surface area contributed by atoms with E-state index < -0.39 is 17.8 Å². The average molecular weight is 250 g/mol. The van der Waals surface area contributed by atoms with Crippen molar-refractivity contribution < 1.29 is 19.2 Å². The Labute approximate surface area is 104 Å². The fourth-order valence-corrected chi connectivity index (χ4v) is 2.02. The largest absolute Gasteiger partial charge is 0.481 e. The lowest BCUT2D eigenvalue weighted by Crippen LogP contribution is -2.34. The van der Waals surface area contributed by atoms with Crippen LogP contribution in [0.2, 0.25) is 0 Å². The number of carboxylic acids is 1. The highest BCUT2D eigenvalue weighted by atomic mass is 16.5. The molecule has 1 aliphatic rings. The molecule has 0 saturated carbocycles. The summed E-state index contributed by atoms with van der Waals surface area (Å²) < 4.78 is 4.83. The zero-order valence-electron chi connectivity index (χ0n) is 9.92. The summed E-state index contributed by atoms with van der Waals surface area (Å²) in [6.07, 6.45) is 4.44. The molecule has 0 bridgehead atoms. The molecule has 2 N–H and O–H groups in total. The first-order valence-electron chi connectivity index (χ1n) is 5.70. The molecular formula is C12H14N2O4. The van der Waals surface area contributed by atoms with Crippen LogP contribution in [0.25, 0.3) is 0 Å². The minimum atomic E-state index is -0.948. The van der Waals surface area contributed by atoms with Gasteiger partial charge in [0.2, 0.25) is 5.91 Å². The minimum absolute atomic E-state index is 0.316. The quantitative estimate of drug-likeness (QED) is 0.794. The lowest BCUT2D eigenvalue weighted by molar-refractivity contribution is -0.146. The number of carbonyl (C=O) groups is 2. The molecule has 0 spiro atoms. The van der Waals surface area contributed by atoms with Crippen LogP contribution in [-0.4, -0.2) is 22.1 Å². The van der Waals surface area contributed by atoms with E-state index in [4.69, 9.17) is 9.63 Å². The molecule has 1 heterocycles. The molecule has 6 heteroatoms. The van der Waals surface area contributed by atoms with Crippen LogP contribution in [-0.2, 0) is 9.59 Å². The molecule has 0 radical (unpaired) electrons. The molecule has 96 valence electrons. The lowest BCUT2D eigenvalue weighted by Gasteiger charge is -2.23. The van der Waals surface area contributed by atoms with E-state index in [9.17, 15) is 9.59 Å². The predicted molar refractivity (Wildman–Crippen MR) is 62.9 cm³/mol. The summed E-state index contributed by atoms with van der Waals surface area (Å²) in [5.74, 6) is -1.62. The van der Waals surface area contributed by atoms with Crippen molar-refractivity contribution in [3.05, 3.63) is 24.0 Å². The highest BCUT2D eigenvalue weighted by Gasteiger charge is 2.34. The van der Waals surface area contributed by atoms with Crippen LogP contribution in [0.3, 0.4) is 0 Å². The molecule has 0 aromatic carbocycles. The van der Waals surface area contributed by atoms with Crippen molar-refractivity contribution in [1.82, 2.24) is 5.16 Å². The van der Waals surface area contributed by atoms with Gasteiger partial charge in [0, 0.05) is 6.07 Å². The van der Waals surface area contributed by atoms with Gasteiger partial charge in [0.25, 0.3) is 0 Å². The highest BCUT2D eigenvalue weighted by molar-refractivity contribution is 5.94. The van der Waals surface area contributed by atoms with Gasteiger partial charge in [0.1, 0.15) is 5.76 Å². The van der Waals surface area contributed by atoms with Crippen LogP contribution in [0, 0.1) is 18.8 Å². The van der Waals surface area contributed by atoms with Crippen molar-refractivity contribution in [2.75, 3.05) is 5.32 Å². The number of nitrogens with one attached hydrogen (secondary N) is 1. The number of aryl methyl sites for hydroxylation is 1. The van der Waals surface area contributed by atoms with Gasteiger partial charge in [-0.2, -0.15) is 0 Å². The van der Waals surface area contributed by atoms with Crippen LogP contribution < -0.4 is 5.32 Å². The molecule has 0 saturated heterocycles. The van der Waals surface area contributed by atoms with E-state index in [2.05, 4.69) is 10.5 Å². The number of carboxylic acid groups (broad SMARTS) is 1. The van der Waals surface area contributed by atoms with Gasteiger partial charge >= 0.3 is 5.97 Å². The Bertz CT molecular complexity index is 492. The van der Waals surface area contributed by atoms with Crippen molar-refractivity contribution in [2.24, 2.45) is 11.8 Å². The Balaban J connectivity index is 2.07. The molecule has 1 amide bonds. The third-order valence-corrected chi connectivity index (χ3v) is 2.97. The van der Waals surface area contributed by atoms with Crippen molar-refractivity contribution in [3.63, 3.8) is 0 Å². The summed E-state index contributed by atoms with van der Waals surface area (Å²) >= 11 is 0. The Morgan fingerprint density at radius 3 is 2.61 bits per heavy atom. The number of aliphatic carboxylic acids is 1. The fourth-order valence-electron chi connectivity index (χ4n) is 2.02. The van der Waals surface area contributed by atoms with Crippen LogP contribution in [0.15, 0.2) is 22.7 Å². The monoisotopic (exact) mass is 250 g/mol. The molecule has 2 atom stereocenters. The van der Waals surface area contributed by atoms with Gasteiger partial charge in [-0.1, -0.05) is 17.3 Å². The number of anilines is 1. The van der Waals surface area contributed by atoms with Crippen LogP contribution in [0.5, 0.6) is 0 Å². The van der Waals surface area contributed by atoms with Crippen LogP contribution >= 0.6 is 0 Å². The summed E-state index contributed by atoms with van der Waals surface area (Å²) in [5, 5.41) is 15.3. The van der Waals surface area contributed by atoms with Gasteiger partial charge in [-0.15, -0.1) is 0 Å². The van der Waals surface area contributed by atoms with E-state index >= 15 is 0 Å². The van der Waals surface area contributed by atoms with Crippen LogP contribution in [0.1, 0.15) is 18.6 Å². The summed E-state index contributed by atoms with van der Waals surface area (Å²) in [4.78, 5) is 23.1. The Morgan fingerprint density at radius 2 is 2.06 bits per heavy atom. The smallest absolute Gasteiger partial charge is 0.307 e. The van der Waals surface area contributed by atoms with Gasteiger partial charge in [-0.3, -0.25) is 9.59 Å². The SMILES string of the molecule is Cc1cc(NC(=O)[C@@H]2CC=CC[C@@H]2C(=O)O)no1. The molecule has 0 unspecified atom stereocenters. The maximum atomic E-state index is 12.0. The number of nitrogens with zero attached hydrogens (tertiary/aromatic N) is 1. The molecular weight excluding hydrogens is 236 g/mol. The summed E-state index contributed by atoms with van der Waals surface area (Å²) in [6.45, 7) is 1.71. The molecule has 1 aliphatic carbocycles. The first-order chi connectivity index (χ1) is 8.58. The molecule has 0 fully saturated rings. The van der Waals surface area contributed by atoms with E-state index in [0.29, 0.717) is 24.4 Å². The summed E-state index contributed by atoms with van der Waals surface area (Å²) in [5.41, 5.74) is 0. The normalized spacial score (nSPS) is 22.7. The number of allylic oxidation sites excluding steroid dienone is 2. The van der Waals surface area contributed by atoms with Gasteiger partial charge in [0.15, 0.2) is 5.82 Å². The maximum absolute atomic E-state index is 12.0. The first kappa shape index (κ1) is 12.3. The van der Waals surface area contributed by atoms with Crippen LogP contribution in [0.4, 0.5) is 5.82 Å². The van der Waals surface area contributed by atoms with Crippen molar-refractivity contribution in [2.45, 2.75) is 19.8 Å². The van der Waals surface area contributed by atoms with Crippen molar-refractivity contribution >= 4 is 17.7 Å². The van der Waals surface area contributed by atoms with E-state index in [0.717, 1.165) is 0 Å². The number of hydrogen-bond acceptors (Lipinski definition) is 4.